The fraction of sp³-hybridized carbons (Fsp3) is 0.308. The van der Waals surface area contributed by atoms with Gasteiger partial charge in [0.05, 0.1) is 11.6 Å². The maximum absolute atomic E-state index is 13.9. The number of rotatable bonds is 8. The topological polar surface area (TPSA) is 134 Å². The number of nitrogens with two attached hydrogens (primary N) is 1. The van der Waals surface area contributed by atoms with Crippen molar-refractivity contribution in [3.63, 3.8) is 0 Å². The summed E-state index contributed by atoms with van der Waals surface area (Å²) in [6.45, 7) is 4.85. The first-order valence-electron chi connectivity index (χ1n) is 12.1. The molecule has 39 heavy (non-hydrogen) atoms. The summed E-state index contributed by atoms with van der Waals surface area (Å²) in [6, 6.07) is 10.3. The molecule has 13 heteroatoms. The van der Waals surface area contributed by atoms with Crippen molar-refractivity contribution in [1.82, 2.24) is 20.0 Å². The molecule has 3 aromatic rings. The highest BCUT2D eigenvalue weighted by atomic mass is 35.5. The van der Waals surface area contributed by atoms with Crippen LogP contribution < -0.4 is 15.8 Å². The quantitative estimate of drug-likeness (QED) is 0.346. The molecule has 1 aromatic heterocycles. The molecule has 1 fully saturated rings. The average Bonchev–Trinajstić information content (AvgIpc) is 2.93. The Morgan fingerprint density at radius 2 is 1.82 bits per heavy atom. The molecule has 0 radical (unpaired) electrons. The average molecular weight is 577 g/mol. The van der Waals surface area contributed by atoms with Crippen LogP contribution in [0.15, 0.2) is 42.5 Å². The van der Waals surface area contributed by atoms with Gasteiger partial charge in [-0.3, -0.25) is 14.5 Å². The summed E-state index contributed by atoms with van der Waals surface area (Å²) in [5, 5.41) is 19.4. The normalized spacial score (nSPS) is 14.6. The van der Waals surface area contributed by atoms with E-state index in [1.54, 1.807) is 36.1 Å². The van der Waals surface area contributed by atoms with E-state index in [2.05, 4.69) is 20.4 Å². The largest absolute Gasteiger partial charge is 0.482 e. The minimum atomic E-state index is -0.814. The van der Waals surface area contributed by atoms with Crippen LogP contribution in [0.2, 0.25) is 10.0 Å². The second kappa shape index (κ2) is 12.6. The monoisotopic (exact) mass is 576 g/mol. The Kier molecular flexibility index (Phi) is 9.18. The standard InChI is InChI=1S/C26H27Cl2FN6O4/c1-15(22-18(27)6-7-19(29)23(22)28)39-21-14-20(32-33-24(21)30)25(37)31-17-4-2-16(3-5-17)26(38)35-10-8-34(9-11-35)12-13-36/h2-7,14-15,36H,8-13H2,1H3,(H2,30,33)(H,31,37). The molecule has 206 valence electrons. The van der Waals surface area contributed by atoms with Crippen molar-refractivity contribution in [3.8, 4) is 5.75 Å². The molecule has 1 aliphatic rings. The van der Waals surface area contributed by atoms with Gasteiger partial charge in [-0.2, -0.15) is 0 Å². The molecule has 1 atom stereocenters. The van der Waals surface area contributed by atoms with Crippen LogP contribution in [0, 0.1) is 5.82 Å². The van der Waals surface area contributed by atoms with Crippen LogP contribution >= 0.6 is 23.2 Å². The molecular formula is C26H27Cl2FN6O4. The Labute approximate surface area is 234 Å². The van der Waals surface area contributed by atoms with Crippen molar-refractivity contribution >= 4 is 46.5 Å². The van der Waals surface area contributed by atoms with Gasteiger partial charge >= 0.3 is 0 Å². The number of halogens is 3. The van der Waals surface area contributed by atoms with Gasteiger partial charge in [-0.05, 0) is 43.3 Å². The third-order valence-electron chi connectivity index (χ3n) is 6.27. The molecule has 1 saturated heterocycles. The number of nitrogens with zero attached hydrogens (tertiary/aromatic N) is 4. The maximum Gasteiger partial charge on any atom is 0.276 e. The number of aliphatic hydroxyl groups is 1. The Balaban J connectivity index is 1.40. The number of nitrogens with one attached hydrogen (secondary N) is 1. The molecule has 2 amide bonds. The number of aromatic nitrogens is 2. The molecule has 10 nitrogen and oxygen atoms in total. The molecule has 0 bridgehead atoms. The minimum Gasteiger partial charge on any atom is -0.482 e. The van der Waals surface area contributed by atoms with Crippen molar-refractivity contribution in [1.29, 1.82) is 0 Å². The highest BCUT2D eigenvalue weighted by Crippen LogP contribution is 2.35. The van der Waals surface area contributed by atoms with Crippen LogP contribution in [-0.4, -0.2) is 76.2 Å². The van der Waals surface area contributed by atoms with Crippen LogP contribution in [0.25, 0.3) is 0 Å². The number of carbonyl (C=O) groups excluding carboxylic acids is 2. The highest BCUT2D eigenvalue weighted by Gasteiger charge is 2.23. The molecule has 2 aromatic carbocycles. The van der Waals surface area contributed by atoms with E-state index in [4.69, 9.17) is 38.8 Å². The number of aliphatic hydroxyl groups excluding tert-OH is 1. The molecule has 1 unspecified atom stereocenters. The van der Waals surface area contributed by atoms with E-state index in [0.29, 0.717) is 44.0 Å². The zero-order valence-corrected chi connectivity index (χ0v) is 22.5. The van der Waals surface area contributed by atoms with Gasteiger partial charge in [-0.25, -0.2) is 4.39 Å². The maximum atomic E-state index is 13.9. The first-order chi connectivity index (χ1) is 18.7. The molecule has 4 N–H and O–H groups in total. The highest BCUT2D eigenvalue weighted by molar-refractivity contribution is 6.36. The Hall–Kier alpha value is -3.51. The molecule has 2 heterocycles. The van der Waals surface area contributed by atoms with Crippen molar-refractivity contribution in [2.45, 2.75) is 13.0 Å². The van der Waals surface area contributed by atoms with Crippen molar-refractivity contribution in [2.24, 2.45) is 0 Å². The van der Waals surface area contributed by atoms with Gasteiger partial charge in [0.15, 0.2) is 17.3 Å². The summed E-state index contributed by atoms with van der Waals surface area (Å²) in [6.07, 6.45) is -0.814. The number of carbonyl (C=O) groups is 2. The number of hydrogen-bond acceptors (Lipinski definition) is 8. The summed E-state index contributed by atoms with van der Waals surface area (Å²) in [5.74, 6) is -1.38. The fourth-order valence-electron chi connectivity index (χ4n) is 4.14. The van der Waals surface area contributed by atoms with Gasteiger partial charge in [0.25, 0.3) is 11.8 Å². The number of hydrogen-bond donors (Lipinski definition) is 3. The predicted molar refractivity (Wildman–Crippen MR) is 146 cm³/mol. The third-order valence-corrected chi connectivity index (χ3v) is 6.99. The van der Waals surface area contributed by atoms with Crippen molar-refractivity contribution in [2.75, 3.05) is 50.4 Å². The fourth-order valence-corrected chi connectivity index (χ4v) is 4.82. The number of amides is 2. The number of piperazine rings is 1. The van der Waals surface area contributed by atoms with E-state index in [1.165, 1.54) is 12.1 Å². The lowest BCUT2D eigenvalue weighted by molar-refractivity contribution is 0.0615. The summed E-state index contributed by atoms with van der Waals surface area (Å²) in [7, 11) is 0. The van der Waals surface area contributed by atoms with E-state index in [9.17, 15) is 14.0 Å². The Bertz CT molecular complexity index is 1350. The van der Waals surface area contributed by atoms with Crippen molar-refractivity contribution in [3.05, 3.63) is 75.1 Å². The first-order valence-corrected chi connectivity index (χ1v) is 12.9. The zero-order chi connectivity index (χ0) is 28.1. The SMILES string of the molecule is CC(Oc1cc(C(=O)Nc2ccc(C(=O)N3CCN(CCO)CC3)cc2)nnc1N)c1c(Cl)ccc(F)c1Cl. The molecule has 0 aliphatic carbocycles. The molecular weight excluding hydrogens is 550 g/mol. The lowest BCUT2D eigenvalue weighted by atomic mass is 10.1. The van der Waals surface area contributed by atoms with Gasteiger partial charge in [0, 0.05) is 60.6 Å². The van der Waals surface area contributed by atoms with E-state index in [1.807, 2.05) is 0 Å². The second-order valence-electron chi connectivity index (χ2n) is 8.88. The summed E-state index contributed by atoms with van der Waals surface area (Å²) >= 11 is 12.2. The minimum absolute atomic E-state index is 0.0408. The van der Waals surface area contributed by atoms with Gasteiger partial charge in [-0.1, -0.05) is 23.2 Å². The van der Waals surface area contributed by atoms with Crippen LogP contribution in [0.4, 0.5) is 15.9 Å². The van der Waals surface area contributed by atoms with E-state index < -0.39 is 17.8 Å². The van der Waals surface area contributed by atoms with Crippen molar-refractivity contribution < 1.29 is 23.8 Å². The number of ether oxygens (including phenoxy) is 1. The molecule has 0 saturated carbocycles. The lowest BCUT2D eigenvalue weighted by Crippen LogP contribution is -2.49. The lowest BCUT2D eigenvalue weighted by Gasteiger charge is -2.34. The second-order valence-corrected chi connectivity index (χ2v) is 9.67. The Morgan fingerprint density at radius 3 is 2.49 bits per heavy atom. The third kappa shape index (κ3) is 6.74. The van der Waals surface area contributed by atoms with Gasteiger partial charge in [0.1, 0.15) is 11.9 Å². The van der Waals surface area contributed by atoms with E-state index >= 15 is 0 Å². The molecule has 0 spiro atoms. The van der Waals surface area contributed by atoms with E-state index in [-0.39, 0.29) is 45.4 Å². The van der Waals surface area contributed by atoms with Gasteiger partial charge < -0.3 is 25.8 Å². The van der Waals surface area contributed by atoms with Crippen LogP contribution in [0.3, 0.4) is 0 Å². The molecule has 1 aliphatic heterocycles. The number of β-amino-alcohol motifs (C(OH)–C–C–N with tert-alkyl or cyclic N) is 1. The zero-order valence-electron chi connectivity index (χ0n) is 21.0. The summed E-state index contributed by atoms with van der Waals surface area (Å²) in [4.78, 5) is 29.5. The van der Waals surface area contributed by atoms with Gasteiger partial charge in [-0.15, -0.1) is 10.2 Å². The van der Waals surface area contributed by atoms with E-state index in [0.717, 1.165) is 6.07 Å². The summed E-state index contributed by atoms with van der Waals surface area (Å²) < 4.78 is 19.8. The number of nitrogen functional groups attached to an aromatic ring is 1. The van der Waals surface area contributed by atoms with Crippen LogP contribution in [-0.2, 0) is 0 Å². The number of benzene rings is 2. The summed E-state index contributed by atoms with van der Waals surface area (Å²) in [5.41, 5.74) is 6.97. The smallest absolute Gasteiger partial charge is 0.276 e. The first kappa shape index (κ1) is 28.5. The van der Waals surface area contributed by atoms with Crippen LogP contribution in [0.1, 0.15) is 39.4 Å². The molecule has 4 rings (SSSR count). The number of anilines is 2. The predicted octanol–water partition coefficient (Wildman–Crippen LogP) is 3.65. The Morgan fingerprint density at radius 1 is 1.13 bits per heavy atom. The van der Waals surface area contributed by atoms with Gasteiger partial charge in [0.2, 0.25) is 0 Å². The van der Waals surface area contributed by atoms with Crippen LogP contribution in [0.5, 0.6) is 5.75 Å².